The van der Waals surface area contributed by atoms with Crippen LogP contribution in [0.1, 0.15) is 24.8 Å². The quantitative estimate of drug-likeness (QED) is 0.573. The van der Waals surface area contributed by atoms with Gasteiger partial charge in [-0.05, 0) is 30.7 Å². The zero-order valence-corrected chi connectivity index (χ0v) is 13.3. The summed E-state index contributed by atoms with van der Waals surface area (Å²) in [4.78, 5) is 0. The maximum Gasteiger partial charge on any atom is 0.0717 e. The molecule has 0 bridgehead atoms. The first kappa shape index (κ1) is 15.2. The molecule has 96 valence electrons. The first-order valence-electron chi connectivity index (χ1n) is 6.10. The number of halogens is 2. The van der Waals surface area contributed by atoms with E-state index in [1.807, 2.05) is 6.07 Å². The molecule has 0 aromatic heterocycles. The van der Waals surface area contributed by atoms with Gasteiger partial charge in [-0.25, -0.2) is 0 Å². The van der Waals surface area contributed by atoms with Crippen LogP contribution in [0.3, 0.4) is 0 Å². The first-order valence-corrected chi connectivity index (χ1v) is 8.34. The maximum atomic E-state index is 5.80. The molecule has 3 heteroatoms. The number of benzene rings is 1. The van der Waals surface area contributed by atoms with E-state index in [-0.39, 0.29) is 0 Å². The predicted molar refractivity (Wildman–Crippen MR) is 81.0 cm³/mol. The van der Waals surface area contributed by atoms with Gasteiger partial charge in [0, 0.05) is 17.3 Å². The molecule has 0 aliphatic rings. The summed E-state index contributed by atoms with van der Waals surface area (Å²) in [6, 6.07) is 10.4. The van der Waals surface area contributed by atoms with Gasteiger partial charge < -0.3 is 4.74 Å². The SMILES string of the molecule is BrCCCC(CCBr)COCc1ccccc1. The number of ether oxygens (including phenoxy) is 1. The van der Waals surface area contributed by atoms with E-state index in [4.69, 9.17) is 4.74 Å². The standard InChI is InChI=1S/C14H20Br2O/c15-9-4-7-14(8-10-16)12-17-11-13-5-2-1-3-6-13/h1-3,5-6,14H,4,7-12H2. The van der Waals surface area contributed by atoms with Gasteiger partial charge in [0.2, 0.25) is 0 Å². The minimum Gasteiger partial charge on any atom is -0.376 e. The molecule has 0 radical (unpaired) electrons. The highest BCUT2D eigenvalue weighted by molar-refractivity contribution is 9.09. The van der Waals surface area contributed by atoms with Crippen molar-refractivity contribution in [3.8, 4) is 0 Å². The molecule has 1 unspecified atom stereocenters. The molecule has 17 heavy (non-hydrogen) atoms. The Hall–Kier alpha value is 0.140. The van der Waals surface area contributed by atoms with Crippen molar-refractivity contribution in [1.82, 2.24) is 0 Å². The molecule has 0 saturated heterocycles. The lowest BCUT2D eigenvalue weighted by molar-refractivity contribution is 0.0831. The molecule has 1 nitrogen and oxygen atoms in total. The van der Waals surface area contributed by atoms with E-state index < -0.39 is 0 Å². The fraction of sp³-hybridized carbons (Fsp3) is 0.571. The number of hydrogen-bond acceptors (Lipinski definition) is 1. The van der Waals surface area contributed by atoms with Crippen LogP contribution in [0, 0.1) is 5.92 Å². The second kappa shape index (κ2) is 10.1. The van der Waals surface area contributed by atoms with E-state index in [9.17, 15) is 0 Å². The lowest BCUT2D eigenvalue weighted by Crippen LogP contribution is -2.11. The fourth-order valence-corrected chi connectivity index (χ4v) is 2.72. The van der Waals surface area contributed by atoms with Gasteiger partial charge >= 0.3 is 0 Å². The van der Waals surface area contributed by atoms with E-state index in [1.54, 1.807) is 0 Å². The number of hydrogen-bond donors (Lipinski definition) is 0. The molecule has 0 aliphatic heterocycles. The normalized spacial score (nSPS) is 12.6. The van der Waals surface area contributed by atoms with Gasteiger partial charge in [-0.15, -0.1) is 0 Å². The summed E-state index contributed by atoms with van der Waals surface area (Å²) in [5, 5.41) is 2.15. The van der Waals surface area contributed by atoms with Gasteiger partial charge in [-0.1, -0.05) is 62.2 Å². The molecule has 1 aromatic rings. The summed E-state index contributed by atoms with van der Waals surface area (Å²) in [7, 11) is 0. The second-order valence-corrected chi connectivity index (χ2v) is 5.76. The van der Waals surface area contributed by atoms with Crippen LogP contribution in [0.5, 0.6) is 0 Å². The third-order valence-electron chi connectivity index (χ3n) is 2.73. The summed E-state index contributed by atoms with van der Waals surface area (Å²) in [5.74, 6) is 0.677. The minimum absolute atomic E-state index is 0.677. The molecule has 0 N–H and O–H groups in total. The van der Waals surface area contributed by atoms with Crippen molar-refractivity contribution >= 4 is 31.9 Å². The highest BCUT2D eigenvalue weighted by atomic mass is 79.9. The van der Waals surface area contributed by atoms with Crippen LogP contribution < -0.4 is 0 Å². The molecular weight excluding hydrogens is 344 g/mol. The first-order chi connectivity index (χ1) is 8.36. The molecule has 1 atom stereocenters. The molecule has 0 amide bonds. The van der Waals surface area contributed by atoms with Crippen molar-refractivity contribution in [2.24, 2.45) is 5.92 Å². The highest BCUT2D eigenvalue weighted by Crippen LogP contribution is 2.15. The van der Waals surface area contributed by atoms with Crippen molar-refractivity contribution in [3.05, 3.63) is 35.9 Å². The monoisotopic (exact) mass is 362 g/mol. The largest absolute Gasteiger partial charge is 0.376 e. The van der Waals surface area contributed by atoms with E-state index in [0.717, 1.165) is 23.9 Å². The second-order valence-electron chi connectivity index (χ2n) is 4.18. The van der Waals surface area contributed by atoms with Gasteiger partial charge in [0.25, 0.3) is 0 Å². The van der Waals surface area contributed by atoms with Crippen LogP contribution >= 0.6 is 31.9 Å². The summed E-state index contributed by atoms with van der Waals surface area (Å²) in [6.07, 6.45) is 3.67. The van der Waals surface area contributed by atoms with Crippen LogP contribution in [0.2, 0.25) is 0 Å². The molecule has 0 heterocycles. The van der Waals surface area contributed by atoms with Crippen LogP contribution in [-0.2, 0) is 11.3 Å². The Labute approximate surface area is 121 Å². The van der Waals surface area contributed by atoms with Crippen molar-refractivity contribution < 1.29 is 4.74 Å². The topological polar surface area (TPSA) is 9.23 Å². The van der Waals surface area contributed by atoms with Crippen molar-refractivity contribution in [3.63, 3.8) is 0 Å². The third-order valence-corrected chi connectivity index (χ3v) is 3.75. The molecule has 1 aromatic carbocycles. The minimum atomic E-state index is 0.677. The van der Waals surface area contributed by atoms with Crippen molar-refractivity contribution in [2.45, 2.75) is 25.9 Å². The average molecular weight is 364 g/mol. The lowest BCUT2D eigenvalue weighted by atomic mass is 10.0. The van der Waals surface area contributed by atoms with E-state index in [1.165, 1.54) is 24.8 Å². The average Bonchev–Trinajstić information content (AvgIpc) is 2.37. The van der Waals surface area contributed by atoms with E-state index >= 15 is 0 Å². The summed E-state index contributed by atoms with van der Waals surface area (Å²) in [5.41, 5.74) is 1.26. The molecule has 0 fully saturated rings. The van der Waals surface area contributed by atoms with Crippen molar-refractivity contribution in [1.29, 1.82) is 0 Å². The van der Waals surface area contributed by atoms with Crippen LogP contribution in [0.15, 0.2) is 30.3 Å². The summed E-state index contributed by atoms with van der Waals surface area (Å²) >= 11 is 6.99. The van der Waals surface area contributed by atoms with Gasteiger partial charge in [0.05, 0.1) is 6.61 Å². The Morgan fingerprint density at radius 1 is 1.00 bits per heavy atom. The lowest BCUT2D eigenvalue weighted by Gasteiger charge is -2.15. The van der Waals surface area contributed by atoms with Crippen LogP contribution in [0.4, 0.5) is 0 Å². The molecular formula is C14H20Br2O. The Morgan fingerprint density at radius 2 is 1.76 bits per heavy atom. The molecule has 0 spiro atoms. The Morgan fingerprint density at radius 3 is 2.41 bits per heavy atom. The van der Waals surface area contributed by atoms with E-state index in [2.05, 4.69) is 56.1 Å². The van der Waals surface area contributed by atoms with Gasteiger partial charge in [-0.3, -0.25) is 0 Å². The Balaban J connectivity index is 2.22. The Kier molecular flexibility index (Phi) is 9.03. The van der Waals surface area contributed by atoms with Gasteiger partial charge in [0.1, 0.15) is 0 Å². The predicted octanol–water partition coefficient (Wildman–Crippen LogP) is 4.78. The number of rotatable bonds is 9. The van der Waals surface area contributed by atoms with Crippen LogP contribution in [-0.4, -0.2) is 17.3 Å². The zero-order valence-electron chi connectivity index (χ0n) is 10.1. The van der Waals surface area contributed by atoms with Crippen LogP contribution in [0.25, 0.3) is 0 Å². The third kappa shape index (κ3) is 7.22. The highest BCUT2D eigenvalue weighted by Gasteiger charge is 2.07. The summed E-state index contributed by atoms with van der Waals surface area (Å²) in [6.45, 7) is 1.60. The smallest absolute Gasteiger partial charge is 0.0717 e. The fourth-order valence-electron chi connectivity index (χ4n) is 1.75. The number of alkyl halides is 2. The van der Waals surface area contributed by atoms with Crippen molar-refractivity contribution in [2.75, 3.05) is 17.3 Å². The Bertz CT molecular complexity index is 277. The summed E-state index contributed by atoms with van der Waals surface area (Å²) < 4.78 is 5.80. The zero-order chi connectivity index (χ0) is 12.3. The van der Waals surface area contributed by atoms with Gasteiger partial charge in [0.15, 0.2) is 0 Å². The maximum absolute atomic E-state index is 5.80. The molecule has 0 saturated carbocycles. The van der Waals surface area contributed by atoms with E-state index in [0.29, 0.717) is 5.92 Å². The van der Waals surface area contributed by atoms with Gasteiger partial charge in [-0.2, -0.15) is 0 Å². The molecule has 1 rings (SSSR count). The molecule has 0 aliphatic carbocycles.